The molecule has 1 aromatic rings. The van der Waals surface area contributed by atoms with Crippen molar-refractivity contribution >= 4 is 21.8 Å². The molecule has 6 nitrogen and oxygen atoms in total. The average Bonchev–Trinajstić information content (AvgIpc) is 2.14. The van der Waals surface area contributed by atoms with Crippen LogP contribution in [-0.4, -0.2) is 26.4 Å². The fourth-order valence-electron chi connectivity index (χ4n) is 1.18. The first-order chi connectivity index (χ1) is 6.52. The molecule has 0 atom stereocenters. The van der Waals surface area contributed by atoms with E-state index in [1.165, 1.54) is 17.2 Å². The van der Waals surface area contributed by atoms with Gasteiger partial charge in [0.05, 0.1) is 0 Å². The van der Waals surface area contributed by atoms with E-state index in [0.717, 1.165) is 0 Å². The van der Waals surface area contributed by atoms with E-state index < -0.39 is 10.0 Å². The Morgan fingerprint density at radius 1 is 1.50 bits per heavy atom. The molecule has 0 unspecified atom stereocenters. The molecule has 2 rings (SSSR count). The van der Waals surface area contributed by atoms with Crippen LogP contribution in [0.25, 0.3) is 0 Å². The standard InChI is InChI=1S/C7H8N4O2S/c1-11-6-5(3-2-4-9-6)14(12,13)10-7(11)8/h2-4H,1H3,(H2,8,10). The number of hydrogen-bond donors (Lipinski definition) is 1. The van der Waals surface area contributed by atoms with Gasteiger partial charge in [-0.05, 0) is 12.1 Å². The first-order valence-corrected chi connectivity index (χ1v) is 5.25. The molecule has 1 aliphatic rings. The summed E-state index contributed by atoms with van der Waals surface area (Å²) < 4.78 is 26.4. The molecular weight excluding hydrogens is 204 g/mol. The summed E-state index contributed by atoms with van der Waals surface area (Å²) in [6.45, 7) is 0. The van der Waals surface area contributed by atoms with Gasteiger partial charge in [-0.1, -0.05) is 0 Å². The Hall–Kier alpha value is -1.63. The van der Waals surface area contributed by atoms with E-state index in [9.17, 15) is 8.42 Å². The van der Waals surface area contributed by atoms with Crippen LogP contribution in [-0.2, 0) is 10.0 Å². The number of fused-ring (bicyclic) bond motifs is 1. The Morgan fingerprint density at radius 2 is 2.21 bits per heavy atom. The van der Waals surface area contributed by atoms with Crippen LogP contribution in [0.5, 0.6) is 0 Å². The second-order valence-corrected chi connectivity index (χ2v) is 4.38. The number of anilines is 1. The van der Waals surface area contributed by atoms with Gasteiger partial charge in [0.1, 0.15) is 4.90 Å². The van der Waals surface area contributed by atoms with Crippen molar-refractivity contribution in [3.05, 3.63) is 18.3 Å². The molecule has 1 aromatic heterocycles. The van der Waals surface area contributed by atoms with Crippen LogP contribution in [0.2, 0.25) is 0 Å². The lowest BCUT2D eigenvalue weighted by atomic mass is 10.4. The summed E-state index contributed by atoms with van der Waals surface area (Å²) in [6.07, 6.45) is 1.50. The quantitative estimate of drug-likeness (QED) is 0.628. The summed E-state index contributed by atoms with van der Waals surface area (Å²) in [5.74, 6) is 0.233. The van der Waals surface area contributed by atoms with Crippen molar-refractivity contribution in [2.75, 3.05) is 11.9 Å². The van der Waals surface area contributed by atoms with Crippen LogP contribution < -0.4 is 10.6 Å². The minimum Gasteiger partial charge on any atom is -0.369 e. The lowest BCUT2D eigenvalue weighted by Crippen LogP contribution is -2.38. The van der Waals surface area contributed by atoms with E-state index in [1.807, 2.05) is 0 Å². The molecule has 0 aromatic carbocycles. The molecule has 7 heteroatoms. The van der Waals surface area contributed by atoms with Gasteiger partial charge in [-0.3, -0.25) is 4.90 Å². The smallest absolute Gasteiger partial charge is 0.289 e. The second kappa shape index (κ2) is 2.68. The summed E-state index contributed by atoms with van der Waals surface area (Å²) in [6, 6.07) is 2.99. The maximum Gasteiger partial charge on any atom is 0.289 e. The monoisotopic (exact) mass is 212 g/mol. The third-order valence-electron chi connectivity index (χ3n) is 1.90. The van der Waals surface area contributed by atoms with Gasteiger partial charge in [-0.15, -0.1) is 4.40 Å². The molecule has 0 saturated heterocycles. The molecule has 2 heterocycles. The maximum atomic E-state index is 11.5. The highest BCUT2D eigenvalue weighted by atomic mass is 32.2. The van der Waals surface area contributed by atoms with Crippen molar-refractivity contribution in [2.24, 2.45) is 10.1 Å². The predicted octanol–water partition coefficient (Wildman–Crippen LogP) is -0.465. The Balaban J connectivity index is 2.77. The summed E-state index contributed by atoms with van der Waals surface area (Å²) in [7, 11) is -2.05. The van der Waals surface area contributed by atoms with E-state index in [1.54, 1.807) is 13.1 Å². The van der Waals surface area contributed by atoms with Crippen LogP contribution >= 0.6 is 0 Å². The van der Waals surface area contributed by atoms with Crippen LogP contribution in [0.4, 0.5) is 5.82 Å². The first-order valence-electron chi connectivity index (χ1n) is 3.81. The first kappa shape index (κ1) is 8.95. The van der Waals surface area contributed by atoms with Gasteiger partial charge < -0.3 is 5.73 Å². The molecule has 0 amide bonds. The van der Waals surface area contributed by atoms with E-state index in [-0.39, 0.29) is 10.9 Å². The molecular formula is C7H8N4O2S. The fraction of sp³-hybridized carbons (Fsp3) is 0.143. The minimum absolute atomic E-state index is 0.0730. The summed E-state index contributed by atoms with van der Waals surface area (Å²) in [5.41, 5.74) is 5.43. The van der Waals surface area contributed by atoms with E-state index in [2.05, 4.69) is 9.38 Å². The van der Waals surface area contributed by atoms with Crippen molar-refractivity contribution in [1.82, 2.24) is 4.98 Å². The maximum absolute atomic E-state index is 11.5. The lowest BCUT2D eigenvalue weighted by molar-refractivity contribution is 0.596. The van der Waals surface area contributed by atoms with Gasteiger partial charge in [0, 0.05) is 13.2 Å². The topological polar surface area (TPSA) is 88.6 Å². The summed E-state index contributed by atoms with van der Waals surface area (Å²) >= 11 is 0. The molecule has 0 saturated carbocycles. The number of guanidine groups is 1. The number of nitrogens with zero attached hydrogens (tertiary/aromatic N) is 3. The average molecular weight is 212 g/mol. The van der Waals surface area contributed by atoms with Crippen LogP contribution in [0.1, 0.15) is 0 Å². The molecule has 0 radical (unpaired) electrons. The largest absolute Gasteiger partial charge is 0.369 e. The lowest BCUT2D eigenvalue weighted by Gasteiger charge is -2.22. The molecule has 0 bridgehead atoms. The number of nitrogens with two attached hydrogens (primary N) is 1. The third kappa shape index (κ3) is 1.13. The highest BCUT2D eigenvalue weighted by molar-refractivity contribution is 7.90. The Bertz CT molecular complexity index is 508. The second-order valence-electron chi connectivity index (χ2n) is 2.81. The molecule has 2 N–H and O–H groups in total. The van der Waals surface area contributed by atoms with Crippen molar-refractivity contribution in [3.63, 3.8) is 0 Å². The molecule has 74 valence electrons. The number of rotatable bonds is 0. The molecule has 1 aliphatic heterocycles. The van der Waals surface area contributed by atoms with Gasteiger partial charge in [-0.2, -0.15) is 8.42 Å². The zero-order valence-corrected chi connectivity index (χ0v) is 8.19. The zero-order chi connectivity index (χ0) is 10.3. The van der Waals surface area contributed by atoms with E-state index in [4.69, 9.17) is 5.73 Å². The van der Waals surface area contributed by atoms with Gasteiger partial charge >= 0.3 is 0 Å². The highest BCUT2D eigenvalue weighted by Gasteiger charge is 2.27. The van der Waals surface area contributed by atoms with Crippen LogP contribution in [0, 0.1) is 0 Å². The predicted molar refractivity (Wildman–Crippen MR) is 51.4 cm³/mol. The van der Waals surface area contributed by atoms with Crippen molar-refractivity contribution < 1.29 is 8.42 Å². The molecule has 14 heavy (non-hydrogen) atoms. The van der Waals surface area contributed by atoms with E-state index in [0.29, 0.717) is 5.82 Å². The molecule has 0 fully saturated rings. The Labute approximate surface area is 81.1 Å². The van der Waals surface area contributed by atoms with Gasteiger partial charge in [0.2, 0.25) is 5.96 Å². The van der Waals surface area contributed by atoms with Crippen LogP contribution in [0.15, 0.2) is 27.6 Å². The van der Waals surface area contributed by atoms with Crippen molar-refractivity contribution in [1.29, 1.82) is 0 Å². The zero-order valence-electron chi connectivity index (χ0n) is 7.38. The minimum atomic E-state index is -3.67. The van der Waals surface area contributed by atoms with Gasteiger partial charge in [-0.25, -0.2) is 4.98 Å². The number of hydrogen-bond acceptors (Lipinski definition) is 5. The van der Waals surface area contributed by atoms with Crippen LogP contribution in [0.3, 0.4) is 0 Å². The SMILES string of the molecule is CN1C(N)=NS(=O)(=O)c2cccnc21. The number of aromatic nitrogens is 1. The highest BCUT2D eigenvalue weighted by Crippen LogP contribution is 2.26. The summed E-state index contributed by atoms with van der Waals surface area (Å²) in [5, 5.41) is 0. The number of sulfonamides is 1. The number of pyridine rings is 1. The fourth-order valence-corrected chi connectivity index (χ4v) is 2.32. The third-order valence-corrected chi connectivity index (χ3v) is 3.21. The van der Waals surface area contributed by atoms with Gasteiger partial charge in [0.15, 0.2) is 5.82 Å². The molecule has 0 spiro atoms. The molecule has 0 aliphatic carbocycles. The Kier molecular flexibility index (Phi) is 1.71. The van der Waals surface area contributed by atoms with E-state index >= 15 is 0 Å². The summed E-state index contributed by atoms with van der Waals surface area (Å²) in [4.78, 5) is 5.44. The van der Waals surface area contributed by atoms with Crippen molar-refractivity contribution in [2.45, 2.75) is 4.90 Å². The van der Waals surface area contributed by atoms with Gasteiger partial charge in [0.25, 0.3) is 10.0 Å². The van der Waals surface area contributed by atoms with Crippen molar-refractivity contribution in [3.8, 4) is 0 Å². The normalized spacial score (nSPS) is 18.6. The Morgan fingerprint density at radius 3 is 2.93 bits per heavy atom.